The monoisotopic (exact) mass is 184 g/mol. The summed E-state index contributed by atoms with van der Waals surface area (Å²) in [5, 5.41) is 17.4. The van der Waals surface area contributed by atoms with E-state index >= 15 is 0 Å². The van der Waals surface area contributed by atoms with Crippen molar-refractivity contribution in [2.45, 2.75) is 25.7 Å². The van der Waals surface area contributed by atoms with Crippen LogP contribution in [0, 0.1) is 11.8 Å². The second-order valence-corrected chi connectivity index (χ2v) is 3.67. The molecule has 74 valence electrons. The lowest BCUT2D eigenvalue weighted by atomic mass is 9.82. The van der Waals surface area contributed by atoms with E-state index in [1.54, 1.807) is 6.08 Å². The predicted molar refractivity (Wildman–Crippen MR) is 49.3 cm³/mol. The predicted octanol–water partition coefficient (Wildman–Crippen LogP) is 1.43. The SMILES string of the molecule is O=C(O)/C=C/C1CCCC(CO)C1. The van der Waals surface area contributed by atoms with E-state index in [0.717, 1.165) is 25.7 Å². The summed E-state index contributed by atoms with van der Waals surface area (Å²) < 4.78 is 0. The molecule has 1 aliphatic carbocycles. The molecule has 3 nitrogen and oxygen atoms in total. The molecule has 0 aromatic carbocycles. The Morgan fingerprint density at radius 2 is 2.23 bits per heavy atom. The summed E-state index contributed by atoms with van der Waals surface area (Å²) in [5.41, 5.74) is 0. The number of aliphatic hydroxyl groups is 1. The third-order valence-electron chi connectivity index (χ3n) is 2.59. The Labute approximate surface area is 78.1 Å². The van der Waals surface area contributed by atoms with Gasteiger partial charge in [0.05, 0.1) is 0 Å². The molecular formula is C10H16O3. The Kier molecular flexibility index (Phi) is 3.96. The van der Waals surface area contributed by atoms with Gasteiger partial charge in [0.1, 0.15) is 0 Å². The van der Waals surface area contributed by atoms with Gasteiger partial charge >= 0.3 is 5.97 Å². The smallest absolute Gasteiger partial charge is 0.327 e. The second-order valence-electron chi connectivity index (χ2n) is 3.67. The Bertz CT molecular complexity index is 198. The maximum atomic E-state index is 10.3. The Morgan fingerprint density at radius 1 is 1.46 bits per heavy atom. The zero-order valence-electron chi connectivity index (χ0n) is 7.65. The fourth-order valence-corrected chi connectivity index (χ4v) is 1.89. The van der Waals surface area contributed by atoms with Crippen LogP contribution >= 0.6 is 0 Å². The minimum absolute atomic E-state index is 0.234. The number of hydrogen-bond acceptors (Lipinski definition) is 2. The minimum Gasteiger partial charge on any atom is -0.478 e. The van der Waals surface area contributed by atoms with Gasteiger partial charge in [-0.3, -0.25) is 0 Å². The summed E-state index contributed by atoms with van der Waals surface area (Å²) >= 11 is 0. The molecule has 0 radical (unpaired) electrons. The van der Waals surface area contributed by atoms with Gasteiger partial charge < -0.3 is 10.2 Å². The molecule has 2 atom stereocenters. The van der Waals surface area contributed by atoms with Crippen molar-refractivity contribution in [3.8, 4) is 0 Å². The average Bonchev–Trinajstić information content (AvgIpc) is 2.15. The summed E-state index contributed by atoms with van der Waals surface area (Å²) in [5.74, 6) is -0.162. The van der Waals surface area contributed by atoms with Gasteiger partial charge in [-0.05, 0) is 31.1 Å². The van der Waals surface area contributed by atoms with Crippen molar-refractivity contribution >= 4 is 5.97 Å². The molecule has 2 N–H and O–H groups in total. The quantitative estimate of drug-likeness (QED) is 0.652. The van der Waals surface area contributed by atoms with Crippen LogP contribution in [0.4, 0.5) is 0 Å². The largest absolute Gasteiger partial charge is 0.478 e. The molecule has 1 rings (SSSR count). The van der Waals surface area contributed by atoms with Crippen LogP contribution in [0.25, 0.3) is 0 Å². The van der Waals surface area contributed by atoms with Crippen molar-refractivity contribution in [2.75, 3.05) is 6.61 Å². The van der Waals surface area contributed by atoms with Gasteiger partial charge in [0, 0.05) is 12.7 Å². The van der Waals surface area contributed by atoms with Crippen LogP contribution in [0.2, 0.25) is 0 Å². The van der Waals surface area contributed by atoms with E-state index in [2.05, 4.69) is 0 Å². The first kappa shape index (κ1) is 10.3. The van der Waals surface area contributed by atoms with E-state index in [4.69, 9.17) is 10.2 Å². The highest BCUT2D eigenvalue weighted by Gasteiger charge is 2.19. The normalized spacial score (nSPS) is 29.3. The molecule has 0 saturated heterocycles. The van der Waals surface area contributed by atoms with Gasteiger partial charge in [-0.1, -0.05) is 12.5 Å². The molecule has 13 heavy (non-hydrogen) atoms. The number of carboxylic acid groups (broad SMARTS) is 1. The molecule has 2 unspecified atom stereocenters. The molecule has 1 aliphatic rings. The maximum absolute atomic E-state index is 10.3. The van der Waals surface area contributed by atoms with E-state index in [9.17, 15) is 4.79 Å². The fourth-order valence-electron chi connectivity index (χ4n) is 1.89. The summed E-state index contributed by atoms with van der Waals surface area (Å²) in [6, 6.07) is 0. The van der Waals surface area contributed by atoms with Crippen molar-refractivity contribution in [1.29, 1.82) is 0 Å². The van der Waals surface area contributed by atoms with Crippen LogP contribution in [0.3, 0.4) is 0 Å². The van der Waals surface area contributed by atoms with Crippen LogP contribution in [0.5, 0.6) is 0 Å². The van der Waals surface area contributed by atoms with Crippen LogP contribution in [0.15, 0.2) is 12.2 Å². The summed E-state index contributed by atoms with van der Waals surface area (Å²) in [6.45, 7) is 0.234. The number of aliphatic hydroxyl groups excluding tert-OH is 1. The standard InChI is InChI=1S/C10H16O3/c11-7-9-3-1-2-8(6-9)4-5-10(12)13/h4-5,8-9,11H,1-3,6-7H2,(H,12,13)/b5-4+. The molecule has 1 saturated carbocycles. The Balaban J connectivity index is 2.38. The van der Waals surface area contributed by atoms with Gasteiger partial charge in [-0.2, -0.15) is 0 Å². The molecule has 0 aliphatic heterocycles. The van der Waals surface area contributed by atoms with Crippen LogP contribution in [-0.4, -0.2) is 22.8 Å². The molecule has 0 aromatic heterocycles. The lowest BCUT2D eigenvalue weighted by Crippen LogP contribution is -2.17. The number of hydrogen-bond donors (Lipinski definition) is 2. The first-order valence-corrected chi connectivity index (χ1v) is 4.74. The van der Waals surface area contributed by atoms with Crippen LogP contribution < -0.4 is 0 Å². The van der Waals surface area contributed by atoms with E-state index in [0.29, 0.717) is 11.8 Å². The molecule has 0 bridgehead atoms. The van der Waals surface area contributed by atoms with Gasteiger partial charge in [-0.25, -0.2) is 4.79 Å². The number of carbonyl (C=O) groups is 1. The van der Waals surface area contributed by atoms with E-state index in [1.165, 1.54) is 6.08 Å². The van der Waals surface area contributed by atoms with Crippen molar-refractivity contribution in [1.82, 2.24) is 0 Å². The van der Waals surface area contributed by atoms with Crippen molar-refractivity contribution in [3.05, 3.63) is 12.2 Å². The number of allylic oxidation sites excluding steroid dienone is 1. The van der Waals surface area contributed by atoms with Crippen molar-refractivity contribution in [2.24, 2.45) is 11.8 Å². The minimum atomic E-state index is -0.883. The first-order chi connectivity index (χ1) is 6.22. The van der Waals surface area contributed by atoms with E-state index in [-0.39, 0.29) is 6.61 Å². The fraction of sp³-hybridized carbons (Fsp3) is 0.700. The molecular weight excluding hydrogens is 168 g/mol. The first-order valence-electron chi connectivity index (χ1n) is 4.74. The third-order valence-corrected chi connectivity index (χ3v) is 2.59. The summed E-state index contributed by atoms with van der Waals surface area (Å²) in [6.07, 6.45) is 7.13. The lowest BCUT2D eigenvalue weighted by Gasteiger charge is -2.25. The molecule has 0 amide bonds. The van der Waals surface area contributed by atoms with Gasteiger partial charge in [0.25, 0.3) is 0 Å². The lowest BCUT2D eigenvalue weighted by molar-refractivity contribution is -0.131. The molecule has 1 fully saturated rings. The van der Waals surface area contributed by atoms with Gasteiger partial charge in [-0.15, -0.1) is 0 Å². The van der Waals surface area contributed by atoms with Crippen LogP contribution in [-0.2, 0) is 4.79 Å². The molecule has 0 spiro atoms. The number of carboxylic acids is 1. The van der Waals surface area contributed by atoms with Crippen molar-refractivity contribution in [3.63, 3.8) is 0 Å². The van der Waals surface area contributed by atoms with E-state index < -0.39 is 5.97 Å². The number of rotatable bonds is 3. The topological polar surface area (TPSA) is 57.5 Å². The Hall–Kier alpha value is -0.830. The summed E-state index contributed by atoms with van der Waals surface area (Å²) in [7, 11) is 0. The summed E-state index contributed by atoms with van der Waals surface area (Å²) in [4.78, 5) is 10.3. The zero-order chi connectivity index (χ0) is 9.68. The number of aliphatic carboxylic acids is 1. The van der Waals surface area contributed by atoms with Gasteiger partial charge in [0.2, 0.25) is 0 Å². The third kappa shape index (κ3) is 3.59. The molecule has 3 heteroatoms. The highest BCUT2D eigenvalue weighted by Crippen LogP contribution is 2.29. The van der Waals surface area contributed by atoms with Crippen LogP contribution in [0.1, 0.15) is 25.7 Å². The average molecular weight is 184 g/mol. The maximum Gasteiger partial charge on any atom is 0.327 e. The van der Waals surface area contributed by atoms with E-state index in [1.807, 2.05) is 0 Å². The molecule has 0 heterocycles. The molecule has 0 aromatic rings. The highest BCUT2D eigenvalue weighted by atomic mass is 16.4. The van der Waals surface area contributed by atoms with Gasteiger partial charge in [0.15, 0.2) is 0 Å². The zero-order valence-corrected chi connectivity index (χ0v) is 7.65. The Morgan fingerprint density at radius 3 is 2.85 bits per heavy atom. The highest BCUT2D eigenvalue weighted by molar-refractivity contribution is 5.79. The second kappa shape index (κ2) is 5.02. The van der Waals surface area contributed by atoms with Crippen molar-refractivity contribution < 1.29 is 15.0 Å².